The molecule has 1 aliphatic heterocycles. The molecule has 1 N–H and O–H groups in total. The Labute approximate surface area is 122 Å². The minimum Gasteiger partial charge on any atom is -0.392 e. The van der Waals surface area contributed by atoms with E-state index >= 15 is 0 Å². The molecule has 0 amide bonds. The van der Waals surface area contributed by atoms with Crippen LogP contribution in [0.1, 0.15) is 11.1 Å². The molecule has 21 heavy (non-hydrogen) atoms. The number of hydrogen-bond donors (Lipinski definition) is 1. The fourth-order valence-electron chi connectivity index (χ4n) is 2.37. The van der Waals surface area contributed by atoms with Gasteiger partial charge in [0.15, 0.2) is 5.82 Å². The molecule has 2 aromatic rings. The van der Waals surface area contributed by atoms with Crippen molar-refractivity contribution in [3.8, 4) is 0 Å². The van der Waals surface area contributed by atoms with Gasteiger partial charge in [0.2, 0.25) is 0 Å². The first kappa shape index (κ1) is 14.0. The molecule has 0 unspecified atom stereocenters. The lowest BCUT2D eigenvalue weighted by atomic mass is 10.1. The van der Waals surface area contributed by atoms with Crippen molar-refractivity contribution in [2.24, 2.45) is 0 Å². The van der Waals surface area contributed by atoms with Gasteiger partial charge in [-0.2, -0.15) is 0 Å². The van der Waals surface area contributed by atoms with E-state index in [0.29, 0.717) is 30.9 Å². The summed E-state index contributed by atoms with van der Waals surface area (Å²) >= 11 is 0. The topological polar surface area (TPSA) is 45.6 Å². The average Bonchev–Trinajstić information content (AvgIpc) is 2.48. The lowest BCUT2D eigenvalue weighted by Gasteiger charge is -2.41. The van der Waals surface area contributed by atoms with Crippen LogP contribution in [0.3, 0.4) is 0 Å². The third-order valence-electron chi connectivity index (χ3n) is 3.65. The van der Waals surface area contributed by atoms with Crippen molar-refractivity contribution in [3.63, 3.8) is 0 Å². The highest BCUT2D eigenvalue weighted by atomic mass is 19.1. The first-order chi connectivity index (χ1) is 10.3. The molecule has 0 radical (unpaired) electrons. The van der Waals surface area contributed by atoms with Crippen LogP contribution in [0, 0.1) is 5.82 Å². The average molecular weight is 288 g/mol. The van der Waals surface area contributed by atoms with Gasteiger partial charge in [-0.05, 0) is 23.8 Å². The van der Waals surface area contributed by atoms with Crippen LogP contribution in [0.5, 0.6) is 0 Å². The van der Waals surface area contributed by atoms with Gasteiger partial charge in [-0.3, -0.25) is 4.98 Å². The molecule has 1 aromatic carbocycles. The molecule has 0 saturated carbocycles. The molecule has 3 rings (SSSR count). The van der Waals surface area contributed by atoms with Crippen LogP contribution in [0.25, 0.3) is 0 Å². The number of benzene rings is 1. The van der Waals surface area contributed by atoms with Crippen LogP contribution >= 0.6 is 0 Å². The number of ether oxygens (including phenoxy) is 1. The van der Waals surface area contributed by atoms with Crippen LogP contribution in [-0.2, 0) is 18.0 Å². The molecular weight excluding hydrogens is 271 g/mol. The van der Waals surface area contributed by atoms with Crippen LogP contribution < -0.4 is 4.90 Å². The van der Waals surface area contributed by atoms with Gasteiger partial charge in [0.05, 0.1) is 25.0 Å². The summed E-state index contributed by atoms with van der Waals surface area (Å²) in [6, 6.07) is 8.92. The van der Waals surface area contributed by atoms with Crippen molar-refractivity contribution >= 4 is 5.69 Å². The lowest BCUT2D eigenvalue weighted by molar-refractivity contribution is 0.0221. The van der Waals surface area contributed by atoms with Crippen LogP contribution in [0.4, 0.5) is 10.1 Å². The second kappa shape index (κ2) is 6.20. The Morgan fingerprint density at radius 2 is 2.00 bits per heavy atom. The van der Waals surface area contributed by atoms with E-state index in [1.54, 1.807) is 30.6 Å². The van der Waals surface area contributed by atoms with Crippen molar-refractivity contribution in [2.75, 3.05) is 18.0 Å². The van der Waals surface area contributed by atoms with Crippen molar-refractivity contribution in [3.05, 3.63) is 59.7 Å². The predicted molar refractivity (Wildman–Crippen MR) is 77.3 cm³/mol. The quantitative estimate of drug-likeness (QED) is 0.915. The number of aliphatic hydroxyl groups excluding tert-OH is 1. The zero-order valence-corrected chi connectivity index (χ0v) is 11.6. The van der Waals surface area contributed by atoms with E-state index < -0.39 is 0 Å². The Kier molecular flexibility index (Phi) is 4.13. The van der Waals surface area contributed by atoms with Crippen LogP contribution in [0.15, 0.2) is 42.7 Å². The summed E-state index contributed by atoms with van der Waals surface area (Å²) in [5.41, 5.74) is 1.94. The number of aliphatic hydroxyl groups is 1. The number of nitrogens with zero attached hydrogens (tertiary/aromatic N) is 2. The summed E-state index contributed by atoms with van der Waals surface area (Å²) in [5, 5.41) is 9.09. The second-order valence-corrected chi connectivity index (χ2v) is 5.10. The van der Waals surface area contributed by atoms with Gasteiger partial charge >= 0.3 is 0 Å². The highest BCUT2D eigenvalue weighted by Crippen LogP contribution is 2.27. The standard InChI is InChI=1S/C16H17FN2O2/c17-16-13(10-20)2-1-3-15(16)19-8-14(9-19)21-11-12-4-6-18-7-5-12/h1-7,14,20H,8-11H2. The smallest absolute Gasteiger partial charge is 0.151 e. The van der Waals surface area contributed by atoms with E-state index in [4.69, 9.17) is 9.84 Å². The van der Waals surface area contributed by atoms with Gasteiger partial charge in [-0.15, -0.1) is 0 Å². The molecule has 0 atom stereocenters. The van der Waals surface area contributed by atoms with Crippen molar-refractivity contribution in [1.82, 2.24) is 4.98 Å². The molecule has 0 spiro atoms. The number of rotatable bonds is 5. The molecule has 5 heteroatoms. The molecule has 0 aliphatic carbocycles. The summed E-state index contributed by atoms with van der Waals surface area (Å²) < 4.78 is 19.8. The Balaban J connectivity index is 1.54. The molecule has 0 bridgehead atoms. The third kappa shape index (κ3) is 3.04. The van der Waals surface area contributed by atoms with E-state index in [-0.39, 0.29) is 18.5 Å². The molecule has 1 aliphatic rings. The lowest BCUT2D eigenvalue weighted by Crippen LogP contribution is -2.52. The van der Waals surface area contributed by atoms with E-state index in [2.05, 4.69) is 4.98 Å². The first-order valence-corrected chi connectivity index (χ1v) is 6.91. The largest absolute Gasteiger partial charge is 0.392 e. The highest BCUT2D eigenvalue weighted by molar-refractivity contribution is 5.52. The molecule has 4 nitrogen and oxygen atoms in total. The fourth-order valence-corrected chi connectivity index (χ4v) is 2.37. The normalized spacial score (nSPS) is 15.0. The molecule has 110 valence electrons. The number of halogens is 1. The zero-order valence-electron chi connectivity index (χ0n) is 11.6. The Morgan fingerprint density at radius 3 is 2.71 bits per heavy atom. The summed E-state index contributed by atoms with van der Waals surface area (Å²) in [6.07, 6.45) is 3.58. The summed E-state index contributed by atoms with van der Waals surface area (Å²) in [4.78, 5) is 5.88. The molecule has 2 heterocycles. The second-order valence-electron chi connectivity index (χ2n) is 5.10. The predicted octanol–water partition coefficient (Wildman–Crippen LogP) is 2.12. The summed E-state index contributed by atoms with van der Waals surface area (Å²) in [5.74, 6) is -0.340. The van der Waals surface area contributed by atoms with Gasteiger partial charge in [0.25, 0.3) is 0 Å². The molecular formula is C16H17FN2O2. The first-order valence-electron chi connectivity index (χ1n) is 6.91. The minimum atomic E-state index is -0.340. The van der Waals surface area contributed by atoms with E-state index in [1.807, 2.05) is 17.0 Å². The molecule has 1 saturated heterocycles. The van der Waals surface area contributed by atoms with Gasteiger partial charge in [0.1, 0.15) is 0 Å². The maximum Gasteiger partial charge on any atom is 0.151 e. The minimum absolute atomic E-state index is 0.107. The maximum atomic E-state index is 14.1. The molecule has 1 fully saturated rings. The van der Waals surface area contributed by atoms with Crippen molar-refractivity contribution in [2.45, 2.75) is 19.3 Å². The SMILES string of the molecule is OCc1cccc(N2CC(OCc3ccncc3)C2)c1F. The van der Waals surface area contributed by atoms with E-state index in [9.17, 15) is 4.39 Å². The number of pyridine rings is 1. The van der Waals surface area contributed by atoms with Crippen LogP contribution in [-0.4, -0.2) is 29.3 Å². The Hall–Kier alpha value is -1.98. The van der Waals surface area contributed by atoms with Gasteiger partial charge in [-0.25, -0.2) is 4.39 Å². The van der Waals surface area contributed by atoms with Crippen LogP contribution in [0.2, 0.25) is 0 Å². The Bertz CT molecular complexity index is 600. The van der Waals surface area contributed by atoms with Gasteiger partial charge < -0.3 is 14.7 Å². The van der Waals surface area contributed by atoms with Crippen molar-refractivity contribution < 1.29 is 14.2 Å². The van der Waals surface area contributed by atoms with E-state index in [1.165, 1.54) is 0 Å². The van der Waals surface area contributed by atoms with Crippen molar-refractivity contribution in [1.29, 1.82) is 0 Å². The highest BCUT2D eigenvalue weighted by Gasteiger charge is 2.29. The monoisotopic (exact) mass is 288 g/mol. The number of anilines is 1. The zero-order chi connectivity index (χ0) is 14.7. The summed E-state index contributed by atoms with van der Waals surface area (Å²) in [6.45, 7) is 1.59. The fraction of sp³-hybridized carbons (Fsp3) is 0.312. The molecule has 1 aromatic heterocycles. The summed E-state index contributed by atoms with van der Waals surface area (Å²) in [7, 11) is 0. The maximum absolute atomic E-state index is 14.1. The Morgan fingerprint density at radius 1 is 1.24 bits per heavy atom. The third-order valence-corrected chi connectivity index (χ3v) is 3.65. The number of hydrogen-bond acceptors (Lipinski definition) is 4. The van der Waals surface area contributed by atoms with E-state index in [0.717, 1.165) is 5.56 Å². The van der Waals surface area contributed by atoms with Gasteiger partial charge in [0, 0.05) is 31.0 Å². The number of aromatic nitrogens is 1. The van der Waals surface area contributed by atoms with Gasteiger partial charge in [-0.1, -0.05) is 12.1 Å².